The third kappa shape index (κ3) is 6.27. The Kier molecular flexibility index (Phi) is 7.91. The molecule has 1 saturated heterocycles. The summed E-state index contributed by atoms with van der Waals surface area (Å²) in [5, 5.41) is 11.7. The molecule has 2 amide bonds. The molecule has 10 nitrogen and oxygen atoms in total. The summed E-state index contributed by atoms with van der Waals surface area (Å²) in [6, 6.07) is -0.279. The maximum atomic E-state index is 12.6. The standard InChI is InChI=1S/C20H28BrN5O5S/c1-20(2,3)31-19(28)25-11-6-7-14(30-9-15(11)29-5)16-12(8-22-26(16)4)23-17(27)13-10-32-18(21)24-13/h8,10-11,14-15H,6-7,9H2,1-5H3,(H,23,27)(H,25,28). The summed E-state index contributed by atoms with van der Waals surface area (Å²) in [6.07, 6.45) is 1.60. The lowest BCUT2D eigenvalue weighted by Crippen LogP contribution is -2.46. The van der Waals surface area contributed by atoms with Crippen molar-refractivity contribution in [2.75, 3.05) is 19.0 Å². The number of aryl methyl sites for hydroxylation is 1. The number of alkyl carbamates (subject to hydrolysis) is 1. The highest BCUT2D eigenvalue weighted by Crippen LogP contribution is 2.33. The van der Waals surface area contributed by atoms with Crippen molar-refractivity contribution in [3.63, 3.8) is 0 Å². The molecule has 3 unspecified atom stereocenters. The first-order chi connectivity index (χ1) is 15.1. The summed E-state index contributed by atoms with van der Waals surface area (Å²) in [5.74, 6) is -0.325. The van der Waals surface area contributed by atoms with Crippen LogP contribution in [0.3, 0.4) is 0 Å². The number of hydrogen-bond donors (Lipinski definition) is 2. The third-order valence-corrected chi connectivity index (χ3v) is 6.27. The minimum atomic E-state index is -0.592. The van der Waals surface area contributed by atoms with Crippen LogP contribution in [0.4, 0.5) is 10.5 Å². The van der Waals surface area contributed by atoms with Gasteiger partial charge in [0.05, 0.1) is 30.2 Å². The average molecular weight is 530 g/mol. The van der Waals surface area contributed by atoms with Crippen molar-refractivity contribution >= 4 is 45.0 Å². The molecule has 1 fully saturated rings. The fourth-order valence-electron chi connectivity index (χ4n) is 3.47. The molecule has 0 bridgehead atoms. The fraction of sp³-hybridized carbons (Fsp3) is 0.600. The van der Waals surface area contributed by atoms with Crippen LogP contribution in [0.15, 0.2) is 15.5 Å². The molecule has 176 valence electrons. The Labute approximate surface area is 199 Å². The number of halogens is 1. The van der Waals surface area contributed by atoms with Crippen molar-refractivity contribution in [2.24, 2.45) is 7.05 Å². The van der Waals surface area contributed by atoms with Gasteiger partial charge in [0, 0.05) is 19.5 Å². The predicted molar refractivity (Wildman–Crippen MR) is 123 cm³/mol. The van der Waals surface area contributed by atoms with Crippen LogP contribution >= 0.6 is 27.3 Å². The largest absolute Gasteiger partial charge is 0.444 e. The van der Waals surface area contributed by atoms with E-state index in [2.05, 4.69) is 36.6 Å². The number of anilines is 1. The van der Waals surface area contributed by atoms with E-state index in [1.807, 2.05) is 20.8 Å². The maximum Gasteiger partial charge on any atom is 0.407 e. The van der Waals surface area contributed by atoms with E-state index in [1.54, 1.807) is 30.4 Å². The van der Waals surface area contributed by atoms with E-state index in [-0.39, 0.29) is 30.8 Å². The van der Waals surface area contributed by atoms with E-state index in [0.717, 1.165) is 5.69 Å². The minimum absolute atomic E-state index is 0.263. The van der Waals surface area contributed by atoms with Crippen LogP contribution in [0.2, 0.25) is 0 Å². The molecule has 3 rings (SSSR count). The van der Waals surface area contributed by atoms with Crippen LogP contribution in [-0.2, 0) is 21.3 Å². The molecule has 3 heterocycles. The van der Waals surface area contributed by atoms with Crippen LogP contribution in [0.25, 0.3) is 0 Å². The Morgan fingerprint density at radius 1 is 1.34 bits per heavy atom. The minimum Gasteiger partial charge on any atom is -0.444 e. The van der Waals surface area contributed by atoms with Crippen molar-refractivity contribution in [1.82, 2.24) is 20.1 Å². The van der Waals surface area contributed by atoms with Gasteiger partial charge in [-0.25, -0.2) is 9.78 Å². The maximum absolute atomic E-state index is 12.6. The number of carbonyl (C=O) groups excluding carboxylic acids is 2. The van der Waals surface area contributed by atoms with E-state index in [1.165, 1.54) is 11.3 Å². The molecule has 1 aliphatic rings. The van der Waals surface area contributed by atoms with Gasteiger partial charge in [0.1, 0.15) is 23.5 Å². The van der Waals surface area contributed by atoms with Crippen LogP contribution in [-0.4, -0.2) is 58.2 Å². The van der Waals surface area contributed by atoms with Crippen molar-refractivity contribution in [2.45, 2.75) is 57.5 Å². The van der Waals surface area contributed by atoms with Gasteiger partial charge < -0.3 is 24.8 Å². The number of carbonyl (C=O) groups is 2. The van der Waals surface area contributed by atoms with Crippen molar-refractivity contribution in [3.8, 4) is 0 Å². The van der Waals surface area contributed by atoms with Crippen molar-refractivity contribution in [1.29, 1.82) is 0 Å². The highest BCUT2D eigenvalue weighted by atomic mass is 79.9. The molecular formula is C20H28BrN5O5S. The second-order valence-corrected chi connectivity index (χ2v) is 10.6. The first kappa shape index (κ1) is 24.6. The zero-order valence-corrected chi connectivity index (χ0v) is 21.1. The predicted octanol–water partition coefficient (Wildman–Crippen LogP) is 3.65. The smallest absolute Gasteiger partial charge is 0.407 e. The Bertz CT molecular complexity index is 957. The van der Waals surface area contributed by atoms with Crippen molar-refractivity contribution in [3.05, 3.63) is 26.9 Å². The van der Waals surface area contributed by atoms with Gasteiger partial charge in [0.2, 0.25) is 0 Å². The van der Waals surface area contributed by atoms with Gasteiger partial charge in [0.25, 0.3) is 5.91 Å². The average Bonchev–Trinajstić information content (AvgIpc) is 3.22. The van der Waals surface area contributed by atoms with Gasteiger partial charge in [-0.2, -0.15) is 5.10 Å². The molecule has 2 N–H and O–H groups in total. The Hall–Kier alpha value is -2.02. The van der Waals surface area contributed by atoms with E-state index in [4.69, 9.17) is 14.2 Å². The molecule has 2 aromatic rings. The summed E-state index contributed by atoms with van der Waals surface area (Å²) in [4.78, 5) is 29.0. The molecule has 0 radical (unpaired) electrons. The zero-order chi connectivity index (χ0) is 23.5. The van der Waals surface area contributed by atoms with Crippen LogP contribution in [0.5, 0.6) is 0 Å². The lowest BCUT2D eigenvalue weighted by Gasteiger charge is -2.26. The molecule has 0 saturated carbocycles. The van der Waals surface area contributed by atoms with Gasteiger partial charge in [-0.3, -0.25) is 9.48 Å². The number of nitrogens with zero attached hydrogens (tertiary/aromatic N) is 3. The normalized spacial score (nSPS) is 21.6. The molecule has 3 atom stereocenters. The lowest BCUT2D eigenvalue weighted by atomic mass is 10.0. The SMILES string of the molecule is COC1COC(c2c(NC(=O)c3csc(Br)n3)cnn2C)CCC1NC(=O)OC(C)(C)C. The molecule has 12 heteroatoms. The summed E-state index contributed by atoms with van der Waals surface area (Å²) in [6.45, 7) is 5.71. The van der Waals surface area contributed by atoms with Gasteiger partial charge in [-0.1, -0.05) is 0 Å². The van der Waals surface area contributed by atoms with E-state index < -0.39 is 11.7 Å². The van der Waals surface area contributed by atoms with Gasteiger partial charge in [0.15, 0.2) is 3.92 Å². The Morgan fingerprint density at radius 2 is 2.09 bits per heavy atom. The quantitative estimate of drug-likeness (QED) is 0.606. The Morgan fingerprint density at radius 3 is 2.72 bits per heavy atom. The number of methoxy groups -OCH3 is 1. The molecule has 0 spiro atoms. The van der Waals surface area contributed by atoms with Gasteiger partial charge in [-0.05, 0) is 49.5 Å². The first-order valence-corrected chi connectivity index (χ1v) is 11.8. The van der Waals surface area contributed by atoms with Gasteiger partial charge >= 0.3 is 6.09 Å². The number of aromatic nitrogens is 3. The van der Waals surface area contributed by atoms with E-state index >= 15 is 0 Å². The Balaban J connectivity index is 1.72. The monoisotopic (exact) mass is 529 g/mol. The molecule has 1 aliphatic heterocycles. The molecule has 0 aliphatic carbocycles. The second kappa shape index (κ2) is 10.3. The number of rotatable bonds is 5. The molecule has 0 aromatic carbocycles. The summed E-state index contributed by atoms with van der Waals surface area (Å²) in [7, 11) is 3.38. The van der Waals surface area contributed by atoms with E-state index in [0.29, 0.717) is 28.1 Å². The number of amides is 2. The summed E-state index contributed by atoms with van der Waals surface area (Å²) >= 11 is 4.60. The first-order valence-electron chi connectivity index (χ1n) is 10.2. The second-order valence-electron chi connectivity index (χ2n) is 8.43. The van der Waals surface area contributed by atoms with Crippen LogP contribution in [0.1, 0.15) is 55.9 Å². The molecular weight excluding hydrogens is 502 g/mol. The fourth-order valence-corrected chi connectivity index (χ4v) is 4.46. The highest BCUT2D eigenvalue weighted by molar-refractivity contribution is 9.11. The zero-order valence-electron chi connectivity index (χ0n) is 18.7. The van der Waals surface area contributed by atoms with Crippen LogP contribution < -0.4 is 10.6 Å². The highest BCUT2D eigenvalue weighted by Gasteiger charge is 2.33. The summed E-state index contributed by atoms with van der Waals surface area (Å²) in [5.41, 5.74) is 1.02. The number of nitrogens with one attached hydrogen (secondary N) is 2. The number of hydrogen-bond acceptors (Lipinski definition) is 8. The summed E-state index contributed by atoms with van der Waals surface area (Å²) < 4.78 is 19.4. The lowest BCUT2D eigenvalue weighted by molar-refractivity contribution is -0.0263. The number of thiazole rings is 1. The number of ether oxygens (including phenoxy) is 3. The topological polar surface area (TPSA) is 117 Å². The van der Waals surface area contributed by atoms with E-state index in [9.17, 15) is 9.59 Å². The third-order valence-electron chi connectivity index (χ3n) is 4.90. The molecule has 32 heavy (non-hydrogen) atoms. The van der Waals surface area contributed by atoms with Crippen molar-refractivity contribution < 1.29 is 23.8 Å². The van der Waals surface area contributed by atoms with Crippen LogP contribution in [0, 0.1) is 0 Å². The molecule has 2 aromatic heterocycles. The van der Waals surface area contributed by atoms with Gasteiger partial charge in [-0.15, -0.1) is 11.3 Å².